The second kappa shape index (κ2) is 7.16. The van der Waals surface area contributed by atoms with Gasteiger partial charge in [-0.25, -0.2) is 4.98 Å². The first-order chi connectivity index (χ1) is 13.6. The summed E-state index contributed by atoms with van der Waals surface area (Å²) in [6.07, 6.45) is 1.21. The number of aliphatic hydroxyl groups excluding tert-OH is 1. The Kier molecular flexibility index (Phi) is 4.54. The van der Waals surface area contributed by atoms with E-state index in [4.69, 9.17) is 14.3 Å². The molecular weight excluding hydrogens is 362 g/mol. The summed E-state index contributed by atoms with van der Waals surface area (Å²) in [5.41, 5.74) is 2.70. The van der Waals surface area contributed by atoms with Crippen LogP contribution in [0.3, 0.4) is 0 Å². The summed E-state index contributed by atoms with van der Waals surface area (Å²) < 4.78 is 11.1. The molecule has 0 aliphatic carbocycles. The molecule has 0 spiro atoms. The van der Waals surface area contributed by atoms with Gasteiger partial charge in [0.1, 0.15) is 17.0 Å². The highest BCUT2D eigenvalue weighted by molar-refractivity contribution is 6.17. The molecule has 2 heterocycles. The lowest BCUT2D eigenvalue weighted by atomic mass is 10.2. The van der Waals surface area contributed by atoms with Crippen LogP contribution in [0.2, 0.25) is 0 Å². The van der Waals surface area contributed by atoms with Gasteiger partial charge < -0.3 is 19.6 Å². The highest BCUT2D eigenvalue weighted by Gasteiger charge is 2.30. The summed E-state index contributed by atoms with van der Waals surface area (Å²) in [6, 6.07) is 12.6. The zero-order valence-electron chi connectivity index (χ0n) is 15.0. The molecule has 0 bridgehead atoms. The third kappa shape index (κ3) is 3.21. The number of amides is 2. The van der Waals surface area contributed by atoms with E-state index in [1.54, 1.807) is 25.3 Å². The molecule has 28 heavy (non-hydrogen) atoms. The van der Waals surface area contributed by atoms with Crippen molar-refractivity contribution in [2.45, 2.75) is 0 Å². The van der Waals surface area contributed by atoms with Crippen molar-refractivity contribution in [3.63, 3.8) is 0 Å². The van der Waals surface area contributed by atoms with Crippen molar-refractivity contribution >= 4 is 28.6 Å². The van der Waals surface area contributed by atoms with Gasteiger partial charge in [-0.1, -0.05) is 6.07 Å². The molecule has 0 atom stereocenters. The Bertz CT molecular complexity index is 1100. The number of hydrogen-bond acceptors (Lipinski definition) is 7. The van der Waals surface area contributed by atoms with Gasteiger partial charge in [0.2, 0.25) is 5.89 Å². The summed E-state index contributed by atoms with van der Waals surface area (Å²) in [5.74, 6) is 0.216. The van der Waals surface area contributed by atoms with E-state index in [1.807, 2.05) is 24.3 Å². The lowest BCUT2D eigenvalue weighted by molar-refractivity contribution is -0.137. The van der Waals surface area contributed by atoms with E-state index in [1.165, 1.54) is 6.08 Å². The number of oxazole rings is 1. The van der Waals surface area contributed by atoms with Crippen molar-refractivity contribution in [1.29, 1.82) is 0 Å². The first-order valence-corrected chi connectivity index (χ1v) is 8.59. The van der Waals surface area contributed by atoms with Gasteiger partial charge in [0.25, 0.3) is 11.8 Å². The number of benzene rings is 2. The summed E-state index contributed by atoms with van der Waals surface area (Å²) in [7, 11) is 1.59. The topological polar surface area (TPSA) is 105 Å². The van der Waals surface area contributed by atoms with Gasteiger partial charge in [0.15, 0.2) is 5.58 Å². The number of methoxy groups -OCH3 is 1. The minimum Gasteiger partial charge on any atom is -0.497 e. The van der Waals surface area contributed by atoms with Crippen LogP contribution in [0.1, 0.15) is 0 Å². The maximum atomic E-state index is 12.2. The highest BCUT2D eigenvalue weighted by atomic mass is 16.5. The summed E-state index contributed by atoms with van der Waals surface area (Å²) in [5, 5.41) is 11.9. The monoisotopic (exact) mass is 379 g/mol. The van der Waals surface area contributed by atoms with Crippen molar-refractivity contribution in [3.8, 4) is 17.2 Å². The number of carbonyl (C=O) groups excluding carboxylic acids is 2. The van der Waals surface area contributed by atoms with E-state index >= 15 is 0 Å². The van der Waals surface area contributed by atoms with Crippen LogP contribution in [0.15, 0.2) is 58.7 Å². The van der Waals surface area contributed by atoms with E-state index < -0.39 is 11.8 Å². The lowest BCUT2D eigenvalue weighted by Crippen LogP contribution is -2.34. The number of ether oxygens (including phenoxy) is 1. The number of β-amino-alcohol motifs (C(OH)–C–C–N with tert-alkyl or cyclic N) is 1. The first-order valence-electron chi connectivity index (χ1n) is 8.59. The first kappa shape index (κ1) is 17.7. The third-order valence-corrected chi connectivity index (χ3v) is 4.32. The van der Waals surface area contributed by atoms with Crippen LogP contribution in [-0.4, -0.2) is 47.1 Å². The number of nitrogens with one attached hydrogen (secondary N) is 1. The molecule has 0 saturated heterocycles. The quantitative estimate of drug-likeness (QED) is 0.632. The second-order valence-corrected chi connectivity index (χ2v) is 6.14. The number of fused-ring (bicyclic) bond motifs is 1. The van der Waals surface area contributed by atoms with Crippen LogP contribution in [-0.2, 0) is 9.59 Å². The molecular formula is C20H17N3O5. The minimum atomic E-state index is -0.478. The fourth-order valence-corrected chi connectivity index (χ4v) is 2.95. The van der Waals surface area contributed by atoms with Crippen molar-refractivity contribution in [3.05, 3.63) is 54.2 Å². The van der Waals surface area contributed by atoms with Gasteiger partial charge in [0, 0.05) is 23.4 Å². The molecule has 8 nitrogen and oxygen atoms in total. The van der Waals surface area contributed by atoms with Crippen LogP contribution in [0.5, 0.6) is 5.75 Å². The Balaban J connectivity index is 1.59. The standard InChI is InChI=1S/C20H17N3O5/c1-27-14-4-2-3-12(9-14)19-22-15-6-5-13(10-17(15)28-19)21-16-11-18(25)23(7-8-24)20(16)26/h2-6,9-11,21,24H,7-8H2,1H3. The van der Waals surface area contributed by atoms with Crippen LogP contribution in [0.4, 0.5) is 5.69 Å². The molecule has 2 N–H and O–H groups in total. The van der Waals surface area contributed by atoms with Gasteiger partial charge in [-0.3, -0.25) is 14.5 Å². The molecule has 8 heteroatoms. The molecule has 4 rings (SSSR count). The van der Waals surface area contributed by atoms with Gasteiger partial charge in [-0.2, -0.15) is 0 Å². The molecule has 142 valence electrons. The van der Waals surface area contributed by atoms with E-state index in [0.717, 1.165) is 10.5 Å². The number of aromatic nitrogens is 1. The smallest absolute Gasteiger partial charge is 0.277 e. The number of imide groups is 1. The van der Waals surface area contributed by atoms with Crippen LogP contribution in [0.25, 0.3) is 22.6 Å². The number of carbonyl (C=O) groups is 2. The highest BCUT2D eigenvalue weighted by Crippen LogP contribution is 2.29. The Hall–Kier alpha value is -3.65. The molecule has 0 unspecified atom stereocenters. The fraction of sp³-hybridized carbons (Fsp3) is 0.150. The van der Waals surface area contributed by atoms with Crippen molar-refractivity contribution in [1.82, 2.24) is 9.88 Å². The van der Waals surface area contributed by atoms with Crippen molar-refractivity contribution in [2.75, 3.05) is 25.6 Å². The van der Waals surface area contributed by atoms with E-state index in [2.05, 4.69) is 10.3 Å². The predicted molar refractivity (Wildman–Crippen MR) is 102 cm³/mol. The SMILES string of the molecule is COc1cccc(-c2nc3ccc(NC4=CC(=O)N(CCO)C4=O)cc3o2)c1. The van der Waals surface area contributed by atoms with Gasteiger partial charge in [0.05, 0.1) is 20.3 Å². The maximum absolute atomic E-state index is 12.2. The molecule has 2 amide bonds. The normalized spacial score (nSPS) is 13.9. The largest absolute Gasteiger partial charge is 0.497 e. The Morgan fingerprint density at radius 3 is 2.86 bits per heavy atom. The average Bonchev–Trinajstić information content (AvgIpc) is 3.24. The van der Waals surface area contributed by atoms with Crippen LogP contribution < -0.4 is 10.1 Å². The second-order valence-electron chi connectivity index (χ2n) is 6.14. The fourth-order valence-electron chi connectivity index (χ4n) is 2.95. The maximum Gasteiger partial charge on any atom is 0.277 e. The van der Waals surface area contributed by atoms with Crippen LogP contribution in [0, 0.1) is 0 Å². The number of aliphatic hydroxyl groups is 1. The van der Waals surface area contributed by atoms with Gasteiger partial charge in [-0.15, -0.1) is 0 Å². The molecule has 1 aliphatic heterocycles. The molecule has 1 aromatic heterocycles. The number of hydrogen-bond donors (Lipinski definition) is 2. The molecule has 0 saturated carbocycles. The Labute approximate surface area is 160 Å². The van der Waals surface area contributed by atoms with Crippen LogP contribution >= 0.6 is 0 Å². The van der Waals surface area contributed by atoms with Gasteiger partial charge >= 0.3 is 0 Å². The van der Waals surface area contributed by atoms with Gasteiger partial charge in [-0.05, 0) is 30.3 Å². The number of anilines is 1. The molecule has 0 radical (unpaired) electrons. The lowest BCUT2D eigenvalue weighted by Gasteiger charge is -2.13. The molecule has 3 aromatic rings. The third-order valence-electron chi connectivity index (χ3n) is 4.32. The molecule has 0 fully saturated rings. The predicted octanol–water partition coefficient (Wildman–Crippen LogP) is 2.16. The zero-order valence-corrected chi connectivity index (χ0v) is 15.0. The van der Waals surface area contributed by atoms with E-state index in [-0.39, 0.29) is 18.8 Å². The zero-order chi connectivity index (χ0) is 19.7. The summed E-state index contributed by atoms with van der Waals surface area (Å²) in [4.78, 5) is 29.5. The van der Waals surface area contributed by atoms with E-state index in [9.17, 15) is 9.59 Å². The molecule has 2 aromatic carbocycles. The minimum absolute atomic E-state index is 0.0373. The summed E-state index contributed by atoms with van der Waals surface area (Å²) in [6.45, 7) is -0.319. The number of rotatable bonds is 6. The average molecular weight is 379 g/mol. The van der Waals surface area contributed by atoms with Crippen molar-refractivity contribution in [2.24, 2.45) is 0 Å². The Morgan fingerprint density at radius 1 is 1.21 bits per heavy atom. The van der Waals surface area contributed by atoms with Crippen molar-refractivity contribution < 1.29 is 23.8 Å². The molecule has 1 aliphatic rings. The Morgan fingerprint density at radius 2 is 2.07 bits per heavy atom. The van der Waals surface area contributed by atoms with E-state index in [0.29, 0.717) is 28.4 Å². The summed E-state index contributed by atoms with van der Waals surface area (Å²) >= 11 is 0. The number of nitrogens with zero attached hydrogens (tertiary/aromatic N) is 2.